The van der Waals surface area contributed by atoms with Crippen LogP contribution in [0.25, 0.3) is 11.5 Å². The Hall–Kier alpha value is -2.87. The van der Waals surface area contributed by atoms with Crippen LogP contribution in [0.3, 0.4) is 0 Å². The van der Waals surface area contributed by atoms with E-state index in [1.165, 1.54) is 4.88 Å². The van der Waals surface area contributed by atoms with E-state index in [2.05, 4.69) is 16.6 Å². The quantitative estimate of drug-likeness (QED) is 0.676. The first kappa shape index (κ1) is 17.2. The van der Waals surface area contributed by atoms with Crippen LogP contribution in [0.2, 0.25) is 0 Å². The van der Waals surface area contributed by atoms with Crippen molar-refractivity contribution in [2.45, 2.75) is 12.3 Å². The fourth-order valence-electron chi connectivity index (χ4n) is 3.72. The lowest BCUT2D eigenvalue weighted by molar-refractivity contribution is -0.134. The van der Waals surface area contributed by atoms with Crippen molar-refractivity contribution in [2.24, 2.45) is 5.92 Å². The van der Waals surface area contributed by atoms with Gasteiger partial charge in [0.2, 0.25) is 11.7 Å². The number of carbonyl (C=O) groups is 2. The standard InChI is InChI=1S/C20H19N3O4S/c24-19(14-11-13(14)18-4-2-10-28-18)22-5-7-23(8-6-22)20(25)15-12-17(27-21-15)16-3-1-9-26-16/h1-4,9-10,12-14H,5-8,11H2/t13-,14+/m0/s1. The minimum atomic E-state index is -0.184. The third-order valence-electron chi connectivity index (χ3n) is 5.39. The van der Waals surface area contributed by atoms with E-state index in [1.807, 2.05) is 11.0 Å². The van der Waals surface area contributed by atoms with Gasteiger partial charge in [0.15, 0.2) is 11.5 Å². The Kier molecular flexibility index (Phi) is 4.27. The summed E-state index contributed by atoms with van der Waals surface area (Å²) in [6.45, 7) is 2.12. The summed E-state index contributed by atoms with van der Waals surface area (Å²) in [6.07, 6.45) is 2.48. The number of hydrogen-bond acceptors (Lipinski definition) is 6. The first-order valence-corrected chi connectivity index (χ1v) is 10.2. The molecule has 0 N–H and O–H groups in total. The predicted molar refractivity (Wildman–Crippen MR) is 102 cm³/mol. The highest BCUT2D eigenvalue weighted by Crippen LogP contribution is 2.50. The van der Waals surface area contributed by atoms with Crippen LogP contribution in [0.15, 0.2) is 50.9 Å². The molecule has 1 saturated carbocycles. The summed E-state index contributed by atoms with van der Waals surface area (Å²) in [7, 11) is 0. The van der Waals surface area contributed by atoms with E-state index in [9.17, 15) is 9.59 Å². The first-order chi connectivity index (χ1) is 13.7. The van der Waals surface area contributed by atoms with Gasteiger partial charge in [-0.15, -0.1) is 11.3 Å². The van der Waals surface area contributed by atoms with Gasteiger partial charge in [-0.05, 0) is 30.0 Å². The van der Waals surface area contributed by atoms with E-state index in [-0.39, 0.29) is 23.4 Å². The highest BCUT2D eigenvalue weighted by molar-refractivity contribution is 7.10. The molecule has 2 atom stereocenters. The zero-order valence-electron chi connectivity index (χ0n) is 15.1. The number of piperazine rings is 1. The second-order valence-electron chi connectivity index (χ2n) is 7.14. The van der Waals surface area contributed by atoms with Gasteiger partial charge in [0.25, 0.3) is 5.91 Å². The summed E-state index contributed by atoms with van der Waals surface area (Å²) in [6, 6.07) is 9.23. The van der Waals surface area contributed by atoms with Gasteiger partial charge >= 0.3 is 0 Å². The average molecular weight is 397 g/mol. The maximum absolute atomic E-state index is 12.7. The van der Waals surface area contributed by atoms with Gasteiger partial charge in [0.05, 0.1) is 6.26 Å². The van der Waals surface area contributed by atoms with Crippen LogP contribution in [0.5, 0.6) is 0 Å². The summed E-state index contributed by atoms with van der Waals surface area (Å²) in [5, 5.41) is 5.93. The summed E-state index contributed by atoms with van der Waals surface area (Å²) in [5.41, 5.74) is 0.256. The van der Waals surface area contributed by atoms with Gasteiger partial charge in [-0.2, -0.15) is 0 Å². The Labute approximate surface area is 165 Å². The highest BCUT2D eigenvalue weighted by Gasteiger charge is 2.46. The molecule has 4 heterocycles. The zero-order chi connectivity index (χ0) is 19.1. The van der Waals surface area contributed by atoms with Crippen LogP contribution in [-0.4, -0.2) is 52.9 Å². The summed E-state index contributed by atoms with van der Waals surface area (Å²) in [4.78, 5) is 30.3. The van der Waals surface area contributed by atoms with Crippen LogP contribution >= 0.6 is 11.3 Å². The Balaban J connectivity index is 1.17. The molecular weight excluding hydrogens is 378 g/mol. The number of aromatic nitrogens is 1. The molecule has 3 aromatic heterocycles. The third-order valence-corrected chi connectivity index (χ3v) is 6.39. The Morgan fingerprint density at radius 2 is 1.89 bits per heavy atom. The molecule has 0 aromatic carbocycles. The number of rotatable bonds is 4. The molecule has 1 saturated heterocycles. The maximum atomic E-state index is 12.7. The van der Waals surface area contributed by atoms with Gasteiger partial charge in [-0.25, -0.2) is 0 Å². The van der Waals surface area contributed by atoms with Crippen molar-refractivity contribution in [3.8, 4) is 11.5 Å². The molecule has 2 aliphatic rings. The normalized spacial score (nSPS) is 21.7. The summed E-state index contributed by atoms with van der Waals surface area (Å²) >= 11 is 1.72. The number of hydrogen-bond donors (Lipinski definition) is 0. The van der Waals surface area contributed by atoms with Gasteiger partial charge in [0.1, 0.15) is 0 Å². The van der Waals surface area contributed by atoms with Crippen molar-refractivity contribution in [3.05, 3.63) is 52.5 Å². The van der Waals surface area contributed by atoms with E-state index in [0.717, 1.165) is 6.42 Å². The summed E-state index contributed by atoms with van der Waals surface area (Å²) < 4.78 is 10.5. The zero-order valence-corrected chi connectivity index (χ0v) is 15.9. The van der Waals surface area contributed by atoms with Gasteiger partial charge in [-0.3, -0.25) is 9.59 Å². The molecule has 144 valence electrons. The molecule has 7 nitrogen and oxygen atoms in total. The van der Waals surface area contributed by atoms with E-state index < -0.39 is 0 Å². The minimum Gasteiger partial charge on any atom is -0.461 e. The third kappa shape index (κ3) is 3.13. The van der Waals surface area contributed by atoms with Gasteiger partial charge < -0.3 is 18.7 Å². The molecule has 5 rings (SSSR count). The lowest BCUT2D eigenvalue weighted by Gasteiger charge is -2.34. The molecular formula is C20H19N3O4S. The lowest BCUT2D eigenvalue weighted by Crippen LogP contribution is -2.51. The highest BCUT2D eigenvalue weighted by atomic mass is 32.1. The second kappa shape index (κ2) is 6.94. The molecule has 1 aliphatic heterocycles. The largest absolute Gasteiger partial charge is 0.461 e. The van der Waals surface area contributed by atoms with Crippen LogP contribution in [-0.2, 0) is 4.79 Å². The van der Waals surface area contributed by atoms with E-state index in [0.29, 0.717) is 43.6 Å². The second-order valence-corrected chi connectivity index (χ2v) is 8.11. The van der Waals surface area contributed by atoms with E-state index >= 15 is 0 Å². The van der Waals surface area contributed by atoms with Gasteiger partial charge in [0, 0.05) is 49.0 Å². The lowest BCUT2D eigenvalue weighted by atomic mass is 10.2. The minimum absolute atomic E-state index is 0.104. The van der Waals surface area contributed by atoms with Crippen LogP contribution in [0, 0.1) is 5.92 Å². The smallest absolute Gasteiger partial charge is 0.276 e. The number of thiophene rings is 1. The predicted octanol–water partition coefficient (Wildman–Crippen LogP) is 3.08. The van der Waals surface area contributed by atoms with E-state index in [1.54, 1.807) is 40.7 Å². The van der Waals surface area contributed by atoms with Crippen molar-refractivity contribution < 1.29 is 18.5 Å². The number of furan rings is 1. The molecule has 2 fully saturated rings. The fourth-order valence-corrected chi connectivity index (χ4v) is 4.63. The van der Waals surface area contributed by atoms with Crippen LogP contribution in [0.4, 0.5) is 0 Å². The maximum Gasteiger partial charge on any atom is 0.276 e. The molecule has 28 heavy (non-hydrogen) atoms. The molecule has 8 heteroatoms. The molecule has 0 unspecified atom stereocenters. The van der Waals surface area contributed by atoms with Crippen LogP contribution < -0.4 is 0 Å². The van der Waals surface area contributed by atoms with Crippen molar-refractivity contribution in [3.63, 3.8) is 0 Å². The number of amides is 2. The Bertz CT molecular complexity index is 971. The Morgan fingerprint density at radius 1 is 1.07 bits per heavy atom. The van der Waals surface area contributed by atoms with Crippen molar-refractivity contribution in [2.75, 3.05) is 26.2 Å². The molecule has 1 aliphatic carbocycles. The van der Waals surface area contributed by atoms with Crippen molar-refractivity contribution in [1.29, 1.82) is 0 Å². The molecule has 2 amide bonds. The molecule has 0 bridgehead atoms. The first-order valence-electron chi connectivity index (χ1n) is 9.33. The number of nitrogens with zero attached hydrogens (tertiary/aromatic N) is 3. The monoisotopic (exact) mass is 397 g/mol. The van der Waals surface area contributed by atoms with E-state index in [4.69, 9.17) is 8.94 Å². The SMILES string of the molecule is O=C(c1cc(-c2ccco2)on1)N1CCN(C(=O)[C@@H]2C[C@@H]2c2cccs2)CC1. The molecule has 0 spiro atoms. The van der Waals surface area contributed by atoms with Gasteiger partial charge in [-0.1, -0.05) is 11.2 Å². The summed E-state index contributed by atoms with van der Waals surface area (Å²) in [5.74, 6) is 1.47. The van der Waals surface area contributed by atoms with Crippen LogP contribution in [0.1, 0.15) is 27.7 Å². The Morgan fingerprint density at radius 3 is 2.61 bits per heavy atom. The molecule has 0 radical (unpaired) electrons. The number of carbonyl (C=O) groups excluding carboxylic acids is 2. The fraction of sp³-hybridized carbons (Fsp3) is 0.350. The van der Waals surface area contributed by atoms with Crippen molar-refractivity contribution in [1.82, 2.24) is 15.0 Å². The molecule has 3 aromatic rings. The van der Waals surface area contributed by atoms with Crippen molar-refractivity contribution >= 4 is 23.2 Å². The topological polar surface area (TPSA) is 79.8 Å². The average Bonchev–Trinajstić information content (AvgIpc) is 3.21.